The number of aryl methyl sites for hydroxylation is 2. The Balaban J connectivity index is 0.901. The highest BCUT2D eigenvalue weighted by Crippen LogP contribution is 2.58. The number of unbranched alkanes of at least 4 members (excludes halogenated alkanes) is 20. The van der Waals surface area contributed by atoms with E-state index >= 15 is 0 Å². The third-order valence-corrected chi connectivity index (χ3v) is 24.9. The molecule has 2 aliphatic rings. The standard InChI is InChI=1S/C96H104N2OS/c1-7-11-15-19-23-31-52-95(53-32-24-20-16-12-8-2)84-56-65(5)42-47-75(84)77-49-44-69(60-86(77)95)88-63-89(98-94(97-88)71-46-51-92-82(58-71)83-62-81-79-38-29-30-41-90(79)99-91(81)64-93(83)100-92)70-45-50-78-76-48-43-68(74-40-35-39-73-66(6)72-37-28-27-36-67(72)57-80(73)74)59-85(76)96(87(78)61-70,54-33-25-21-17-13-9-3)55-34-26-22-18-14-10-4/h27-30,35-51,56-64H,7-26,31-34,52-55H2,1-6H3. The molecule has 0 saturated heterocycles. The van der Waals surface area contributed by atoms with E-state index < -0.39 is 0 Å². The number of hydrogen-bond acceptors (Lipinski definition) is 4. The Labute approximate surface area is 600 Å². The van der Waals surface area contributed by atoms with Crippen LogP contribution in [0.3, 0.4) is 0 Å². The van der Waals surface area contributed by atoms with Crippen LogP contribution >= 0.6 is 11.3 Å². The van der Waals surface area contributed by atoms with E-state index in [4.69, 9.17) is 14.4 Å². The maximum absolute atomic E-state index is 6.47. The molecule has 0 atom stereocenters. The highest BCUT2D eigenvalue weighted by atomic mass is 32.1. The first-order valence-electron chi connectivity index (χ1n) is 39.4. The second-order valence-corrected chi connectivity index (χ2v) is 31.5. The van der Waals surface area contributed by atoms with Crippen molar-refractivity contribution in [1.82, 2.24) is 9.97 Å². The molecule has 0 spiro atoms. The summed E-state index contributed by atoms with van der Waals surface area (Å²) in [6, 6.07) is 71.0. The number of nitrogens with zero attached hydrogens (tertiary/aromatic N) is 2. The van der Waals surface area contributed by atoms with E-state index in [-0.39, 0.29) is 10.8 Å². The van der Waals surface area contributed by atoms with Gasteiger partial charge in [0.05, 0.1) is 11.4 Å². The van der Waals surface area contributed by atoms with Gasteiger partial charge in [0.1, 0.15) is 11.2 Å². The molecule has 10 aromatic carbocycles. The molecule has 0 amide bonds. The first kappa shape index (κ1) is 67.6. The highest BCUT2D eigenvalue weighted by Gasteiger charge is 2.44. The second kappa shape index (κ2) is 30.2. The van der Waals surface area contributed by atoms with Crippen LogP contribution < -0.4 is 0 Å². The van der Waals surface area contributed by atoms with Crippen molar-refractivity contribution in [1.29, 1.82) is 0 Å². The SMILES string of the molecule is CCCCCCCCC1(CCCCCCCC)c2cc(C)ccc2-c2ccc(-c3cc(-c4ccc5c(c4)C(CCCCCCCC)(CCCCCCCC)c4cc(-c6cccc7c(C)c8ccccc8cc67)ccc4-5)nc(-c4ccc5sc6cc7oc8ccccc8c7cc6c5c4)n3)cc21. The molecular weight excluding hydrogens is 1230 g/mol. The minimum absolute atomic E-state index is 0.0667. The zero-order valence-corrected chi connectivity index (χ0v) is 61.6. The molecule has 510 valence electrons. The zero-order chi connectivity index (χ0) is 68.2. The van der Waals surface area contributed by atoms with Gasteiger partial charge in [-0.3, -0.25) is 0 Å². The van der Waals surface area contributed by atoms with Crippen molar-refractivity contribution in [3.8, 4) is 67.3 Å². The Hall–Kier alpha value is -8.18. The van der Waals surface area contributed by atoms with Gasteiger partial charge >= 0.3 is 0 Å². The lowest BCUT2D eigenvalue weighted by Crippen LogP contribution is -2.26. The Bertz CT molecular complexity index is 5060. The van der Waals surface area contributed by atoms with Gasteiger partial charge in [-0.1, -0.05) is 303 Å². The van der Waals surface area contributed by atoms with Crippen molar-refractivity contribution < 1.29 is 4.42 Å². The molecule has 13 aromatic rings. The molecule has 3 heterocycles. The summed E-state index contributed by atoms with van der Waals surface area (Å²) in [5.74, 6) is 0.769. The molecule has 3 aromatic heterocycles. The largest absolute Gasteiger partial charge is 0.456 e. The fraction of sp³-hybridized carbons (Fsp3) is 0.375. The monoisotopic (exact) mass is 1330 g/mol. The number of benzene rings is 10. The van der Waals surface area contributed by atoms with Crippen molar-refractivity contribution in [2.45, 2.75) is 232 Å². The zero-order valence-electron chi connectivity index (χ0n) is 60.8. The minimum Gasteiger partial charge on any atom is -0.456 e. The second-order valence-electron chi connectivity index (χ2n) is 30.4. The van der Waals surface area contributed by atoms with E-state index in [1.165, 1.54) is 281 Å². The van der Waals surface area contributed by atoms with E-state index in [1.54, 1.807) is 5.56 Å². The number of hydrogen-bond donors (Lipinski definition) is 0. The molecule has 100 heavy (non-hydrogen) atoms. The summed E-state index contributed by atoms with van der Waals surface area (Å²) in [5, 5.41) is 10.1. The van der Waals surface area contributed by atoms with Crippen molar-refractivity contribution in [2.24, 2.45) is 0 Å². The van der Waals surface area contributed by atoms with E-state index in [9.17, 15) is 0 Å². The predicted molar refractivity (Wildman–Crippen MR) is 433 cm³/mol. The van der Waals surface area contributed by atoms with Gasteiger partial charge in [0.15, 0.2) is 5.82 Å². The van der Waals surface area contributed by atoms with Crippen molar-refractivity contribution in [2.75, 3.05) is 0 Å². The quantitative estimate of drug-likeness (QED) is 0.0312. The van der Waals surface area contributed by atoms with Crippen LogP contribution in [0.2, 0.25) is 0 Å². The lowest BCUT2D eigenvalue weighted by atomic mass is 9.70. The highest BCUT2D eigenvalue weighted by molar-refractivity contribution is 7.25. The third-order valence-electron chi connectivity index (χ3n) is 23.7. The number of thiophene rings is 1. The molecule has 0 fully saturated rings. The fourth-order valence-electron chi connectivity index (χ4n) is 18.3. The predicted octanol–water partition coefficient (Wildman–Crippen LogP) is 29.9. The molecule has 15 rings (SSSR count). The summed E-state index contributed by atoms with van der Waals surface area (Å²) < 4.78 is 8.95. The van der Waals surface area contributed by atoms with Crippen molar-refractivity contribution >= 4 is 75.0 Å². The van der Waals surface area contributed by atoms with Crippen LogP contribution in [-0.2, 0) is 10.8 Å². The van der Waals surface area contributed by atoms with Crippen LogP contribution in [0.5, 0.6) is 0 Å². The maximum atomic E-state index is 6.47. The van der Waals surface area contributed by atoms with Gasteiger partial charge in [-0.2, -0.15) is 0 Å². The maximum Gasteiger partial charge on any atom is 0.160 e. The Morgan fingerprint density at radius 1 is 0.310 bits per heavy atom. The third kappa shape index (κ3) is 13.1. The average molecular weight is 1330 g/mol. The molecule has 4 heteroatoms. The number of furan rings is 1. The lowest BCUT2D eigenvalue weighted by Gasteiger charge is -2.33. The number of aromatic nitrogens is 2. The number of rotatable bonds is 32. The van der Waals surface area contributed by atoms with Crippen LogP contribution in [0.1, 0.15) is 241 Å². The topological polar surface area (TPSA) is 38.9 Å². The normalized spacial score (nSPS) is 13.6. The summed E-state index contributed by atoms with van der Waals surface area (Å²) in [6.07, 6.45) is 35.4. The lowest BCUT2D eigenvalue weighted by molar-refractivity contribution is 0.398. The van der Waals surface area contributed by atoms with Gasteiger partial charge in [-0.15, -0.1) is 11.3 Å². The summed E-state index contributed by atoms with van der Waals surface area (Å²) in [5.41, 5.74) is 24.1. The summed E-state index contributed by atoms with van der Waals surface area (Å²) >= 11 is 1.84. The van der Waals surface area contributed by atoms with Gasteiger partial charge in [0, 0.05) is 58.5 Å². The number of para-hydroxylation sites is 1. The van der Waals surface area contributed by atoms with Gasteiger partial charge in [-0.05, 0) is 189 Å². The molecule has 0 aliphatic heterocycles. The Kier molecular flexibility index (Phi) is 20.4. The summed E-state index contributed by atoms with van der Waals surface area (Å²) in [6.45, 7) is 14.0. The summed E-state index contributed by atoms with van der Waals surface area (Å²) in [7, 11) is 0. The van der Waals surface area contributed by atoms with Gasteiger partial charge < -0.3 is 4.42 Å². The minimum atomic E-state index is -0.169. The van der Waals surface area contributed by atoms with Crippen LogP contribution in [0.15, 0.2) is 186 Å². The summed E-state index contributed by atoms with van der Waals surface area (Å²) in [4.78, 5) is 11.7. The molecule has 0 N–H and O–H groups in total. The van der Waals surface area contributed by atoms with Crippen molar-refractivity contribution in [3.63, 3.8) is 0 Å². The van der Waals surface area contributed by atoms with E-state index in [0.717, 1.165) is 57.6 Å². The smallest absolute Gasteiger partial charge is 0.160 e. The van der Waals surface area contributed by atoms with E-state index in [0.29, 0.717) is 0 Å². The van der Waals surface area contributed by atoms with Crippen LogP contribution in [0.25, 0.3) is 131 Å². The van der Waals surface area contributed by atoms with Gasteiger partial charge in [0.25, 0.3) is 0 Å². The first-order valence-corrected chi connectivity index (χ1v) is 40.2. The molecule has 3 nitrogen and oxygen atoms in total. The first-order chi connectivity index (χ1) is 49.2. The Morgan fingerprint density at radius 2 is 0.780 bits per heavy atom. The van der Waals surface area contributed by atoms with Gasteiger partial charge in [-0.25, -0.2) is 9.97 Å². The molecule has 0 radical (unpaired) electrons. The van der Waals surface area contributed by atoms with Crippen LogP contribution in [0.4, 0.5) is 0 Å². The van der Waals surface area contributed by atoms with Gasteiger partial charge in [0.2, 0.25) is 0 Å². The van der Waals surface area contributed by atoms with Crippen LogP contribution in [-0.4, -0.2) is 9.97 Å². The Morgan fingerprint density at radius 3 is 1.36 bits per heavy atom. The molecule has 0 bridgehead atoms. The van der Waals surface area contributed by atoms with Crippen LogP contribution in [0, 0.1) is 13.8 Å². The van der Waals surface area contributed by atoms with Crippen molar-refractivity contribution in [3.05, 3.63) is 215 Å². The fourth-order valence-corrected chi connectivity index (χ4v) is 19.4. The molecule has 0 saturated carbocycles. The molecule has 0 unspecified atom stereocenters. The molecular formula is C96H104N2OS. The van der Waals surface area contributed by atoms with E-state index in [2.05, 4.69) is 224 Å². The number of fused-ring (bicyclic) bond motifs is 14. The van der Waals surface area contributed by atoms with E-state index in [1.807, 2.05) is 11.3 Å². The average Bonchev–Trinajstić information content (AvgIpc) is 1.56. The molecule has 2 aliphatic carbocycles.